The van der Waals surface area contributed by atoms with Gasteiger partial charge in [0.2, 0.25) is 5.95 Å². The molecule has 0 unspecified atom stereocenters. The Hall–Kier alpha value is -2.44. The molecule has 0 spiro atoms. The minimum absolute atomic E-state index is 0.216. The Bertz CT molecular complexity index is 563. The molecule has 112 valence electrons. The third kappa shape index (κ3) is 4.55. The van der Waals surface area contributed by atoms with E-state index in [4.69, 9.17) is 10.5 Å². The third-order valence-corrected chi connectivity index (χ3v) is 2.88. The average Bonchev–Trinajstić information content (AvgIpc) is 2.48. The lowest BCUT2D eigenvalue weighted by Gasteiger charge is -2.16. The maximum absolute atomic E-state index is 5.71. The number of nitrogens with zero attached hydrogens (tertiary/aromatic N) is 4. The van der Waals surface area contributed by atoms with Gasteiger partial charge >= 0.3 is 0 Å². The standard InChI is InChI=1S/C14H20N6O/c1-3-5-10(2)18-13-12(8-16-14(15)19-13)21-9-11-6-4-7-17-20-11/h4,6-8,10H,3,5,9H2,1-2H3,(H3,15,16,18,19)/t10-/m1/s1. The van der Waals surface area contributed by atoms with Crippen LogP contribution < -0.4 is 15.8 Å². The molecule has 2 heterocycles. The van der Waals surface area contributed by atoms with Crippen LogP contribution in [-0.2, 0) is 6.61 Å². The summed E-state index contributed by atoms with van der Waals surface area (Å²) in [4.78, 5) is 8.17. The first-order valence-corrected chi connectivity index (χ1v) is 6.97. The van der Waals surface area contributed by atoms with E-state index in [1.807, 2.05) is 12.1 Å². The lowest BCUT2D eigenvalue weighted by Crippen LogP contribution is -2.17. The van der Waals surface area contributed by atoms with Crippen LogP contribution in [0.4, 0.5) is 11.8 Å². The van der Waals surface area contributed by atoms with Crippen molar-refractivity contribution >= 4 is 11.8 Å². The highest BCUT2D eigenvalue weighted by molar-refractivity contribution is 5.51. The van der Waals surface area contributed by atoms with Gasteiger partial charge in [-0.15, -0.1) is 0 Å². The van der Waals surface area contributed by atoms with Crippen molar-refractivity contribution < 1.29 is 4.74 Å². The van der Waals surface area contributed by atoms with Gasteiger partial charge in [0, 0.05) is 12.2 Å². The molecule has 0 radical (unpaired) electrons. The number of rotatable bonds is 7. The number of nitrogen functional groups attached to an aromatic ring is 1. The molecule has 0 saturated carbocycles. The van der Waals surface area contributed by atoms with Gasteiger partial charge in [-0.05, 0) is 25.5 Å². The van der Waals surface area contributed by atoms with Crippen LogP contribution in [0, 0.1) is 0 Å². The Balaban J connectivity index is 2.07. The average molecular weight is 288 g/mol. The van der Waals surface area contributed by atoms with Gasteiger partial charge < -0.3 is 15.8 Å². The van der Waals surface area contributed by atoms with Gasteiger partial charge in [0.25, 0.3) is 0 Å². The molecule has 7 nitrogen and oxygen atoms in total. The van der Waals surface area contributed by atoms with Crippen LogP contribution in [-0.4, -0.2) is 26.2 Å². The van der Waals surface area contributed by atoms with Gasteiger partial charge in [-0.2, -0.15) is 15.2 Å². The van der Waals surface area contributed by atoms with Crippen molar-refractivity contribution in [2.75, 3.05) is 11.1 Å². The largest absolute Gasteiger partial charge is 0.482 e. The third-order valence-electron chi connectivity index (χ3n) is 2.88. The quantitative estimate of drug-likeness (QED) is 0.804. The van der Waals surface area contributed by atoms with Gasteiger partial charge in [-0.3, -0.25) is 0 Å². The van der Waals surface area contributed by atoms with E-state index in [0.717, 1.165) is 18.5 Å². The van der Waals surface area contributed by atoms with Crippen molar-refractivity contribution in [2.45, 2.75) is 39.3 Å². The summed E-state index contributed by atoms with van der Waals surface area (Å²) in [5, 5.41) is 11.1. The lowest BCUT2D eigenvalue weighted by molar-refractivity contribution is 0.299. The molecular weight excluding hydrogens is 268 g/mol. The molecule has 0 aliphatic carbocycles. The summed E-state index contributed by atoms with van der Waals surface area (Å²) in [6.07, 6.45) is 5.31. The Kier molecular flexibility index (Phi) is 5.25. The molecule has 0 bridgehead atoms. The Morgan fingerprint density at radius 3 is 3.00 bits per heavy atom. The van der Waals surface area contributed by atoms with E-state index >= 15 is 0 Å². The predicted octanol–water partition coefficient (Wildman–Crippen LogP) is 2.03. The van der Waals surface area contributed by atoms with Gasteiger partial charge in [0.05, 0.1) is 6.20 Å². The first kappa shape index (κ1) is 15.0. The van der Waals surface area contributed by atoms with Crippen molar-refractivity contribution in [2.24, 2.45) is 0 Å². The van der Waals surface area contributed by atoms with Crippen LogP contribution >= 0.6 is 0 Å². The molecule has 0 aliphatic heterocycles. The van der Waals surface area contributed by atoms with Gasteiger partial charge in [0.1, 0.15) is 12.3 Å². The van der Waals surface area contributed by atoms with Crippen LogP contribution in [0.3, 0.4) is 0 Å². The highest BCUT2D eigenvalue weighted by atomic mass is 16.5. The highest BCUT2D eigenvalue weighted by Crippen LogP contribution is 2.23. The highest BCUT2D eigenvalue weighted by Gasteiger charge is 2.11. The molecule has 0 saturated heterocycles. The van der Waals surface area contributed by atoms with Crippen LogP contribution in [0.25, 0.3) is 0 Å². The lowest BCUT2D eigenvalue weighted by atomic mass is 10.2. The first-order valence-electron chi connectivity index (χ1n) is 6.97. The maximum Gasteiger partial charge on any atom is 0.222 e. The number of ether oxygens (including phenoxy) is 1. The SMILES string of the molecule is CCC[C@@H](C)Nc1nc(N)ncc1OCc1cccnn1. The van der Waals surface area contributed by atoms with E-state index in [1.165, 1.54) is 0 Å². The number of nitrogens with two attached hydrogens (primary N) is 1. The predicted molar refractivity (Wildman–Crippen MR) is 80.8 cm³/mol. The second-order valence-electron chi connectivity index (χ2n) is 4.78. The zero-order chi connectivity index (χ0) is 15.1. The summed E-state index contributed by atoms with van der Waals surface area (Å²) in [5.41, 5.74) is 6.38. The molecule has 0 fully saturated rings. The molecule has 0 aliphatic rings. The summed E-state index contributed by atoms with van der Waals surface area (Å²) in [6, 6.07) is 3.94. The van der Waals surface area contributed by atoms with Crippen molar-refractivity contribution in [3.05, 3.63) is 30.2 Å². The number of aromatic nitrogens is 4. The molecule has 0 amide bonds. The summed E-state index contributed by atoms with van der Waals surface area (Å²) < 4.78 is 5.71. The Labute approximate surface area is 124 Å². The van der Waals surface area contributed by atoms with Crippen LogP contribution in [0.5, 0.6) is 5.75 Å². The molecular formula is C14H20N6O. The molecule has 0 aromatic carbocycles. The number of hydrogen-bond acceptors (Lipinski definition) is 7. The van der Waals surface area contributed by atoms with E-state index in [1.54, 1.807) is 12.4 Å². The molecule has 1 atom stereocenters. The van der Waals surface area contributed by atoms with Gasteiger partial charge in [-0.1, -0.05) is 13.3 Å². The maximum atomic E-state index is 5.71. The van der Waals surface area contributed by atoms with Gasteiger partial charge in [0.15, 0.2) is 11.6 Å². The number of hydrogen-bond donors (Lipinski definition) is 2. The van der Waals surface area contributed by atoms with Crippen molar-refractivity contribution in [3.63, 3.8) is 0 Å². The molecule has 2 aromatic heterocycles. The van der Waals surface area contributed by atoms with E-state index in [-0.39, 0.29) is 12.0 Å². The van der Waals surface area contributed by atoms with Crippen molar-refractivity contribution in [1.82, 2.24) is 20.2 Å². The smallest absolute Gasteiger partial charge is 0.222 e. The summed E-state index contributed by atoms with van der Waals surface area (Å²) >= 11 is 0. The first-order chi connectivity index (χ1) is 10.2. The fraction of sp³-hybridized carbons (Fsp3) is 0.429. The minimum Gasteiger partial charge on any atom is -0.482 e. The summed E-state index contributed by atoms with van der Waals surface area (Å²) in [7, 11) is 0. The molecule has 7 heteroatoms. The van der Waals surface area contributed by atoms with Crippen LogP contribution in [0.2, 0.25) is 0 Å². The van der Waals surface area contributed by atoms with Crippen LogP contribution in [0.15, 0.2) is 24.5 Å². The molecule has 21 heavy (non-hydrogen) atoms. The fourth-order valence-electron chi connectivity index (χ4n) is 1.89. The monoisotopic (exact) mass is 288 g/mol. The van der Waals surface area contributed by atoms with E-state index in [2.05, 4.69) is 39.3 Å². The molecule has 2 aromatic rings. The number of nitrogens with one attached hydrogen (secondary N) is 1. The normalized spacial score (nSPS) is 11.9. The van der Waals surface area contributed by atoms with E-state index in [0.29, 0.717) is 18.2 Å². The molecule has 3 N–H and O–H groups in total. The zero-order valence-corrected chi connectivity index (χ0v) is 12.3. The minimum atomic E-state index is 0.216. The fourth-order valence-corrected chi connectivity index (χ4v) is 1.89. The van der Waals surface area contributed by atoms with E-state index in [9.17, 15) is 0 Å². The second kappa shape index (κ2) is 7.37. The second-order valence-corrected chi connectivity index (χ2v) is 4.78. The topological polar surface area (TPSA) is 98.8 Å². The Morgan fingerprint density at radius 1 is 1.43 bits per heavy atom. The van der Waals surface area contributed by atoms with Crippen molar-refractivity contribution in [1.29, 1.82) is 0 Å². The number of anilines is 2. The molecule has 2 rings (SSSR count). The van der Waals surface area contributed by atoms with E-state index < -0.39 is 0 Å². The Morgan fingerprint density at radius 2 is 2.29 bits per heavy atom. The summed E-state index contributed by atoms with van der Waals surface area (Å²) in [6.45, 7) is 4.53. The zero-order valence-electron chi connectivity index (χ0n) is 12.3. The van der Waals surface area contributed by atoms with Crippen LogP contribution in [0.1, 0.15) is 32.4 Å². The van der Waals surface area contributed by atoms with Crippen molar-refractivity contribution in [3.8, 4) is 5.75 Å². The summed E-state index contributed by atoms with van der Waals surface area (Å²) in [5.74, 6) is 1.37. The van der Waals surface area contributed by atoms with Gasteiger partial charge in [-0.25, -0.2) is 4.98 Å².